The predicted octanol–water partition coefficient (Wildman–Crippen LogP) is 12.5. The SMILES string of the molecule is O=C1C=CC(=O)N1c1ccc(C(c2ccc(-c3ccccc3)cc2)c2ccc(N3C(=O)C=CC3=O)cc2)cc1.O=C1C=CC(=O)N1c1ccc(C(c2ccc(O)cc2)c2ccc(N3C(=O)C=CC3=O)cc2)cc1.O=C1C=CC(=O)N1c1ccc(C(c2ccccc2)c2ccc(N3C(=O)C=CC3=O)cc2)cc1. The number of imide groups is 6. The van der Waals surface area contributed by atoms with E-state index in [1.165, 1.54) is 72.9 Å². The summed E-state index contributed by atoms with van der Waals surface area (Å²) in [6.07, 6.45) is 15.1. The third-order valence-electron chi connectivity index (χ3n) is 18.5. The summed E-state index contributed by atoms with van der Waals surface area (Å²) >= 11 is 0. The number of anilines is 6. The van der Waals surface area contributed by atoms with Crippen LogP contribution in [0.15, 0.2) is 328 Å². The van der Waals surface area contributed by atoms with E-state index in [1.807, 2.05) is 133 Å². The van der Waals surface area contributed by atoms with Gasteiger partial charge in [-0.25, -0.2) is 29.4 Å². The van der Waals surface area contributed by atoms with Crippen molar-refractivity contribution < 1.29 is 62.6 Å². The van der Waals surface area contributed by atoms with Crippen LogP contribution in [0.1, 0.15) is 67.8 Å². The lowest BCUT2D eigenvalue weighted by molar-refractivity contribution is -0.121. The van der Waals surface area contributed by atoms with Crippen LogP contribution in [0.4, 0.5) is 34.1 Å². The third kappa shape index (κ3) is 14.0. The molecule has 6 heterocycles. The molecule has 0 unspecified atom stereocenters. The van der Waals surface area contributed by atoms with Crippen LogP contribution in [0.25, 0.3) is 11.1 Å². The van der Waals surface area contributed by atoms with Gasteiger partial charge >= 0.3 is 0 Å². The number of nitrogens with zero attached hydrogens (tertiary/aromatic N) is 6. The molecule has 10 aromatic carbocycles. The quantitative estimate of drug-likeness (QED) is 0.0699. The van der Waals surface area contributed by atoms with Gasteiger partial charge < -0.3 is 5.11 Å². The van der Waals surface area contributed by atoms with E-state index in [0.717, 1.165) is 90.6 Å². The lowest BCUT2D eigenvalue weighted by atomic mass is 9.84. The van der Waals surface area contributed by atoms with Gasteiger partial charge in [-0.2, -0.15) is 0 Å². The van der Waals surface area contributed by atoms with Gasteiger partial charge in [-0.1, -0.05) is 170 Å². The van der Waals surface area contributed by atoms with Crippen molar-refractivity contribution in [3.05, 3.63) is 378 Å². The minimum atomic E-state index is -0.385. The molecular weight excluding hydrogens is 1340 g/mol. The molecule has 19 nitrogen and oxygen atoms in total. The molecule has 514 valence electrons. The Bertz CT molecular complexity index is 5060. The van der Waals surface area contributed by atoms with Crippen molar-refractivity contribution >= 4 is 105 Å². The van der Waals surface area contributed by atoms with Crippen LogP contribution in [0.3, 0.4) is 0 Å². The van der Waals surface area contributed by atoms with Gasteiger partial charge in [0.25, 0.3) is 70.9 Å². The normalized spacial score (nSPS) is 15.2. The summed E-state index contributed by atoms with van der Waals surface area (Å²) in [5.74, 6) is -4.83. The van der Waals surface area contributed by atoms with Gasteiger partial charge in [0, 0.05) is 90.7 Å². The van der Waals surface area contributed by atoms with E-state index in [1.54, 1.807) is 84.9 Å². The number of rotatable bonds is 16. The molecule has 1 N–H and O–H groups in total. The van der Waals surface area contributed by atoms with Crippen LogP contribution >= 0.6 is 0 Å². The van der Waals surface area contributed by atoms with E-state index in [4.69, 9.17) is 0 Å². The van der Waals surface area contributed by atoms with E-state index in [-0.39, 0.29) is 94.4 Å². The van der Waals surface area contributed by atoms with Crippen LogP contribution in [0.5, 0.6) is 5.75 Å². The monoisotopic (exact) mass is 1390 g/mol. The Kier molecular flexibility index (Phi) is 19.0. The molecule has 19 heteroatoms. The lowest BCUT2D eigenvalue weighted by Crippen LogP contribution is -2.29. The standard InChI is InChI=1S/C33H22N2O4.C27H18N2O5.C27H18N2O4/c36-29-18-19-30(37)34(29)27-14-10-25(11-15-27)33(24-8-6-23(7-9-24)22-4-2-1-3-5-22)26-12-16-28(17-13-26)35-31(38)20-21-32(35)39;30-22-11-5-19(6-12-22)27(17-1-7-20(8-2-17)28-23(31)13-14-24(28)32)18-3-9-21(10-4-18)29-25(33)15-16-26(29)34;30-23-14-15-24(31)28(23)21-10-6-19(7-11-21)27(18-4-2-1-3-5-18)20-8-12-22(13-9-20)29-25(32)16-17-26(29)33/h1-21,33H;1-16,27,30H;1-17,27H. The summed E-state index contributed by atoms with van der Waals surface area (Å²) in [6.45, 7) is 0. The van der Waals surface area contributed by atoms with Crippen molar-refractivity contribution in [2.45, 2.75) is 17.8 Å². The van der Waals surface area contributed by atoms with Crippen LogP contribution in [0.2, 0.25) is 0 Å². The largest absolute Gasteiger partial charge is 0.508 e. The van der Waals surface area contributed by atoms with E-state index in [9.17, 15) is 62.6 Å². The van der Waals surface area contributed by atoms with Gasteiger partial charge in [-0.15, -0.1) is 0 Å². The fourth-order valence-electron chi connectivity index (χ4n) is 13.4. The van der Waals surface area contributed by atoms with Gasteiger partial charge in [-0.3, -0.25) is 57.5 Å². The summed E-state index contributed by atoms with van der Waals surface area (Å²) in [6, 6.07) is 78.8. The maximum Gasteiger partial charge on any atom is 0.258 e. The molecule has 0 aromatic heterocycles. The smallest absolute Gasteiger partial charge is 0.258 e. The Balaban J connectivity index is 0.000000134. The number of hydrogen-bond donors (Lipinski definition) is 1. The molecule has 0 radical (unpaired) electrons. The van der Waals surface area contributed by atoms with Crippen LogP contribution in [-0.4, -0.2) is 76.0 Å². The Hall–Kier alpha value is -14.7. The lowest BCUT2D eigenvalue weighted by Gasteiger charge is -2.22. The highest BCUT2D eigenvalue weighted by Crippen LogP contribution is 2.40. The predicted molar refractivity (Wildman–Crippen MR) is 398 cm³/mol. The van der Waals surface area contributed by atoms with E-state index < -0.39 is 0 Å². The summed E-state index contributed by atoms with van der Waals surface area (Å²) in [5.41, 5.74) is 13.9. The third-order valence-corrected chi connectivity index (χ3v) is 18.5. The first-order chi connectivity index (χ1) is 51.4. The van der Waals surface area contributed by atoms with Crippen LogP contribution in [-0.2, 0) is 57.5 Å². The maximum absolute atomic E-state index is 12.1. The molecule has 6 aliphatic heterocycles. The molecule has 12 amide bonds. The highest BCUT2D eigenvalue weighted by atomic mass is 16.3. The Morgan fingerprint density at radius 3 is 0.519 bits per heavy atom. The first-order valence-corrected chi connectivity index (χ1v) is 33.4. The average molecular weight is 1400 g/mol. The van der Waals surface area contributed by atoms with Crippen LogP contribution < -0.4 is 29.4 Å². The highest BCUT2D eigenvalue weighted by molar-refractivity contribution is 6.31. The summed E-state index contributed by atoms with van der Waals surface area (Å²) in [7, 11) is 0. The Morgan fingerprint density at radius 1 is 0.170 bits per heavy atom. The van der Waals surface area contributed by atoms with Crippen molar-refractivity contribution in [2.24, 2.45) is 0 Å². The van der Waals surface area contributed by atoms with Crippen molar-refractivity contribution in [1.82, 2.24) is 0 Å². The highest BCUT2D eigenvalue weighted by Gasteiger charge is 2.32. The second-order valence-electron chi connectivity index (χ2n) is 24.9. The van der Waals surface area contributed by atoms with Crippen molar-refractivity contribution in [2.75, 3.05) is 29.4 Å². The minimum Gasteiger partial charge on any atom is -0.508 e. The van der Waals surface area contributed by atoms with E-state index >= 15 is 0 Å². The molecule has 0 saturated carbocycles. The van der Waals surface area contributed by atoms with Crippen molar-refractivity contribution in [1.29, 1.82) is 0 Å². The van der Waals surface area contributed by atoms with Crippen LogP contribution in [0, 0.1) is 0 Å². The van der Waals surface area contributed by atoms with E-state index in [2.05, 4.69) is 36.4 Å². The fraction of sp³-hybridized carbons (Fsp3) is 0.0345. The molecule has 0 spiro atoms. The van der Waals surface area contributed by atoms with E-state index in [0.29, 0.717) is 34.1 Å². The zero-order valence-corrected chi connectivity index (χ0v) is 55.9. The number of benzene rings is 10. The molecule has 0 bridgehead atoms. The van der Waals surface area contributed by atoms with Gasteiger partial charge in [-0.05, 0) is 146 Å². The van der Waals surface area contributed by atoms with Gasteiger partial charge in [0.15, 0.2) is 0 Å². The molecule has 0 fully saturated rings. The first-order valence-electron chi connectivity index (χ1n) is 33.4. The summed E-state index contributed by atoms with van der Waals surface area (Å²) < 4.78 is 0. The van der Waals surface area contributed by atoms with Crippen molar-refractivity contribution in [3.8, 4) is 16.9 Å². The topological polar surface area (TPSA) is 245 Å². The van der Waals surface area contributed by atoms with Gasteiger partial charge in [0.2, 0.25) is 0 Å². The second kappa shape index (κ2) is 29.5. The molecule has 0 saturated heterocycles. The van der Waals surface area contributed by atoms with Gasteiger partial charge in [0.05, 0.1) is 34.1 Å². The number of phenolic OH excluding ortho intramolecular Hbond substituents is 1. The minimum absolute atomic E-state index is 0.125. The summed E-state index contributed by atoms with van der Waals surface area (Å²) in [5, 5.41) is 9.74. The number of aromatic hydroxyl groups is 1. The molecule has 0 aliphatic carbocycles. The molecule has 10 aromatic rings. The molecule has 0 atom stereocenters. The van der Waals surface area contributed by atoms with Gasteiger partial charge in [0.1, 0.15) is 5.75 Å². The molecular formula is C87H58N6O13. The number of amides is 12. The zero-order chi connectivity index (χ0) is 73.7. The summed E-state index contributed by atoms with van der Waals surface area (Å²) in [4.78, 5) is 151. The molecule has 106 heavy (non-hydrogen) atoms. The molecule has 16 rings (SSSR count). The van der Waals surface area contributed by atoms with Crippen molar-refractivity contribution in [3.63, 3.8) is 0 Å². The molecule has 6 aliphatic rings. The number of hydrogen-bond acceptors (Lipinski definition) is 13. The number of carbonyl (C=O) groups is 12. The number of phenols is 1. The fourth-order valence-corrected chi connectivity index (χ4v) is 13.4. The Morgan fingerprint density at radius 2 is 0.321 bits per heavy atom. The second-order valence-corrected chi connectivity index (χ2v) is 24.9. The zero-order valence-electron chi connectivity index (χ0n) is 55.9. The average Bonchev–Trinajstić information content (AvgIpc) is 1.15. The number of carbonyl (C=O) groups excluding carboxylic acids is 12. The maximum atomic E-state index is 12.1. The first kappa shape index (κ1) is 68.4. The Labute approximate surface area is 606 Å².